The van der Waals surface area contributed by atoms with E-state index in [1.807, 2.05) is 6.07 Å². The van der Waals surface area contributed by atoms with Gasteiger partial charge in [0.15, 0.2) is 5.78 Å². The first-order valence-corrected chi connectivity index (χ1v) is 6.36. The topological polar surface area (TPSA) is 40.9 Å². The molecule has 4 heteroatoms. The van der Waals surface area contributed by atoms with E-state index < -0.39 is 17.5 Å². The molecule has 0 saturated carbocycles. The normalized spacial score (nSPS) is 11.6. The van der Waals surface area contributed by atoms with Crippen LogP contribution in [0.2, 0.25) is 0 Å². The Morgan fingerprint density at radius 1 is 1.21 bits per heavy atom. The minimum atomic E-state index is -0.947. The largest absolute Gasteiger partial charge is 0.292 e. The van der Waals surface area contributed by atoms with E-state index in [4.69, 9.17) is 0 Å². The Kier molecular flexibility index (Phi) is 4.08. The second-order valence-corrected chi connectivity index (χ2v) is 4.81. The van der Waals surface area contributed by atoms with Crippen LogP contribution in [-0.2, 0) is 0 Å². The van der Waals surface area contributed by atoms with E-state index in [1.165, 1.54) is 18.2 Å². The SMILES string of the molecule is N#CC(C(=O)c1cccc(F)c1)c1ccccc1Br. The molecule has 0 amide bonds. The predicted molar refractivity (Wildman–Crippen MR) is 73.2 cm³/mol. The summed E-state index contributed by atoms with van der Waals surface area (Å²) < 4.78 is 13.8. The molecule has 94 valence electrons. The highest BCUT2D eigenvalue weighted by atomic mass is 79.9. The van der Waals surface area contributed by atoms with Crippen LogP contribution in [0.4, 0.5) is 4.39 Å². The fourth-order valence-electron chi connectivity index (χ4n) is 1.79. The number of nitriles is 1. The third-order valence-corrected chi connectivity index (χ3v) is 3.44. The van der Waals surface area contributed by atoms with Crippen LogP contribution in [0.5, 0.6) is 0 Å². The Balaban J connectivity index is 2.42. The van der Waals surface area contributed by atoms with Crippen molar-refractivity contribution < 1.29 is 9.18 Å². The lowest BCUT2D eigenvalue weighted by Crippen LogP contribution is -2.12. The monoisotopic (exact) mass is 317 g/mol. The first-order chi connectivity index (χ1) is 9.13. The number of Topliss-reactive ketones (excluding diaryl/α,β-unsaturated/α-hetero) is 1. The minimum Gasteiger partial charge on any atom is -0.292 e. The van der Waals surface area contributed by atoms with Gasteiger partial charge >= 0.3 is 0 Å². The fourth-order valence-corrected chi connectivity index (χ4v) is 2.30. The van der Waals surface area contributed by atoms with Crippen LogP contribution in [0.3, 0.4) is 0 Å². The third kappa shape index (κ3) is 2.88. The summed E-state index contributed by atoms with van der Waals surface area (Å²) in [5, 5.41) is 9.22. The molecule has 0 aliphatic rings. The van der Waals surface area contributed by atoms with Crippen LogP contribution in [0.25, 0.3) is 0 Å². The number of nitrogens with zero attached hydrogens (tertiary/aromatic N) is 1. The molecule has 0 spiro atoms. The Bertz CT molecular complexity index is 663. The molecule has 2 aromatic carbocycles. The summed E-state index contributed by atoms with van der Waals surface area (Å²) in [7, 11) is 0. The maximum absolute atomic E-state index is 13.1. The van der Waals surface area contributed by atoms with Crippen molar-refractivity contribution in [3.8, 4) is 6.07 Å². The van der Waals surface area contributed by atoms with Crippen LogP contribution >= 0.6 is 15.9 Å². The van der Waals surface area contributed by atoms with Gasteiger partial charge in [0.05, 0.1) is 6.07 Å². The van der Waals surface area contributed by atoms with Gasteiger partial charge in [-0.15, -0.1) is 0 Å². The number of carbonyl (C=O) groups is 1. The lowest BCUT2D eigenvalue weighted by atomic mass is 9.92. The smallest absolute Gasteiger partial charge is 0.184 e. The van der Waals surface area contributed by atoms with E-state index in [-0.39, 0.29) is 5.56 Å². The van der Waals surface area contributed by atoms with Crippen LogP contribution in [-0.4, -0.2) is 5.78 Å². The van der Waals surface area contributed by atoms with E-state index in [2.05, 4.69) is 15.9 Å². The molecule has 1 atom stereocenters. The van der Waals surface area contributed by atoms with Gasteiger partial charge in [0.25, 0.3) is 0 Å². The summed E-state index contributed by atoms with van der Waals surface area (Å²) >= 11 is 3.32. The molecule has 19 heavy (non-hydrogen) atoms. The summed E-state index contributed by atoms with van der Waals surface area (Å²) in [5.74, 6) is -1.85. The summed E-state index contributed by atoms with van der Waals surface area (Å²) in [5.41, 5.74) is 0.779. The lowest BCUT2D eigenvalue weighted by molar-refractivity contribution is 0.0978. The molecule has 0 aliphatic heterocycles. The number of ketones is 1. The van der Waals surface area contributed by atoms with E-state index in [0.717, 1.165) is 6.07 Å². The zero-order valence-electron chi connectivity index (χ0n) is 9.81. The zero-order valence-corrected chi connectivity index (χ0v) is 11.4. The number of hydrogen-bond donors (Lipinski definition) is 0. The van der Waals surface area contributed by atoms with Gasteiger partial charge in [-0.1, -0.05) is 46.3 Å². The standard InChI is InChI=1S/C15H9BrFNO/c16-14-7-2-1-6-12(14)13(9-18)15(19)10-4-3-5-11(17)8-10/h1-8,13H. The highest BCUT2D eigenvalue weighted by Crippen LogP contribution is 2.27. The van der Waals surface area contributed by atoms with Gasteiger partial charge in [0.2, 0.25) is 0 Å². The average Bonchev–Trinajstić information content (AvgIpc) is 2.41. The van der Waals surface area contributed by atoms with Crippen LogP contribution in [0.1, 0.15) is 21.8 Å². The molecule has 0 bridgehead atoms. The van der Waals surface area contributed by atoms with Gasteiger partial charge in [0.1, 0.15) is 11.7 Å². The summed E-state index contributed by atoms with van der Waals surface area (Å²) in [4.78, 5) is 12.3. The van der Waals surface area contributed by atoms with Crippen molar-refractivity contribution in [1.82, 2.24) is 0 Å². The average molecular weight is 318 g/mol. The van der Waals surface area contributed by atoms with Gasteiger partial charge < -0.3 is 0 Å². The first-order valence-electron chi connectivity index (χ1n) is 5.57. The second-order valence-electron chi connectivity index (χ2n) is 3.96. The number of hydrogen-bond acceptors (Lipinski definition) is 2. The number of carbonyl (C=O) groups excluding carboxylic acids is 1. The van der Waals surface area contributed by atoms with Gasteiger partial charge in [-0.25, -0.2) is 4.39 Å². The Hall–Kier alpha value is -1.99. The van der Waals surface area contributed by atoms with E-state index in [9.17, 15) is 14.4 Å². The van der Waals surface area contributed by atoms with Gasteiger partial charge in [-0.05, 0) is 23.8 Å². The quantitative estimate of drug-likeness (QED) is 0.800. The Morgan fingerprint density at radius 3 is 2.58 bits per heavy atom. The maximum Gasteiger partial charge on any atom is 0.184 e. The van der Waals surface area contributed by atoms with Crippen LogP contribution in [0, 0.1) is 17.1 Å². The molecular formula is C15H9BrFNO. The van der Waals surface area contributed by atoms with Gasteiger partial charge in [0, 0.05) is 10.0 Å². The van der Waals surface area contributed by atoms with Crippen molar-refractivity contribution >= 4 is 21.7 Å². The Labute approximate surface area is 118 Å². The minimum absolute atomic E-state index is 0.197. The highest BCUT2D eigenvalue weighted by Gasteiger charge is 2.23. The van der Waals surface area contributed by atoms with E-state index in [1.54, 1.807) is 24.3 Å². The molecule has 2 rings (SSSR count). The molecule has 0 radical (unpaired) electrons. The van der Waals surface area contributed by atoms with Crippen molar-refractivity contribution in [2.24, 2.45) is 0 Å². The molecular weight excluding hydrogens is 309 g/mol. The lowest BCUT2D eigenvalue weighted by Gasteiger charge is -2.10. The van der Waals surface area contributed by atoms with Crippen molar-refractivity contribution in [3.63, 3.8) is 0 Å². The molecule has 0 N–H and O–H groups in total. The van der Waals surface area contributed by atoms with E-state index in [0.29, 0.717) is 10.0 Å². The molecule has 1 unspecified atom stereocenters. The molecule has 0 heterocycles. The predicted octanol–water partition coefficient (Wildman–Crippen LogP) is 4.08. The van der Waals surface area contributed by atoms with Crippen LogP contribution < -0.4 is 0 Å². The van der Waals surface area contributed by atoms with Crippen molar-refractivity contribution in [2.45, 2.75) is 5.92 Å². The molecule has 2 nitrogen and oxygen atoms in total. The zero-order chi connectivity index (χ0) is 13.8. The van der Waals surface area contributed by atoms with Crippen molar-refractivity contribution in [1.29, 1.82) is 5.26 Å². The van der Waals surface area contributed by atoms with E-state index >= 15 is 0 Å². The molecule has 0 aliphatic carbocycles. The highest BCUT2D eigenvalue weighted by molar-refractivity contribution is 9.10. The summed E-state index contributed by atoms with van der Waals surface area (Å²) in [6.07, 6.45) is 0. The fraction of sp³-hybridized carbons (Fsp3) is 0.0667. The molecule has 0 fully saturated rings. The van der Waals surface area contributed by atoms with Gasteiger partial charge in [-0.2, -0.15) is 5.26 Å². The number of rotatable bonds is 3. The molecule has 0 saturated heterocycles. The first kappa shape index (κ1) is 13.4. The second kappa shape index (κ2) is 5.77. The molecule has 2 aromatic rings. The number of halogens is 2. The Morgan fingerprint density at radius 2 is 1.95 bits per heavy atom. The van der Waals surface area contributed by atoms with Crippen molar-refractivity contribution in [3.05, 3.63) is 69.9 Å². The summed E-state index contributed by atoms with van der Waals surface area (Å²) in [6.45, 7) is 0. The van der Waals surface area contributed by atoms with Gasteiger partial charge in [-0.3, -0.25) is 4.79 Å². The summed E-state index contributed by atoms with van der Waals surface area (Å²) in [6, 6.07) is 14.4. The number of benzene rings is 2. The maximum atomic E-state index is 13.1. The van der Waals surface area contributed by atoms with Crippen molar-refractivity contribution in [2.75, 3.05) is 0 Å². The molecule has 0 aromatic heterocycles. The third-order valence-electron chi connectivity index (χ3n) is 2.72. The van der Waals surface area contributed by atoms with Crippen LogP contribution in [0.15, 0.2) is 53.0 Å².